The Balaban J connectivity index is 1.97. The molecule has 0 radical (unpaired) electrons. The topological polar surface area (TPSA) is 58.6 Å². The van der Waals surface area contributed by atoms with Gasteiger partial charge in [0, 0.05) is 12.6 Å². The quantitative estimate of drug-likeness (QED) is 0.744. The van der Waals surface area contributed by atoms with Gasteiger partial charge in [0.1, 0.15) is 5.75 Å². The summed E-state index contributed by atoms with van der Waals surface area (Å²) in [4.78, 5) is 2.00. The lowest BCUT2D eigenvalue weighted by atomic mass is 10.1. The van der Waals surface area contributed by atoms with Crippen LogP contribution in [0.3, 0.4) is 0 Å². The van der Waals surface area contributed by atoms with Gasteiger partial charge in [0.25, 0.3) is 0 Å². The summed E-state index contributed by atoms with van der Waals surface area (Å²) in [6, 6.07) is 17.3. The molecule has 0 saturated carbocycles. The molecule has 0 bridgehead atoms. The van der Waals surface area contributed by atoms with Crippen molar-refractivity contribution >= 4 is 10.0 Å². The van der Waals surface area contributed by atoms with E-state index < -0.39 is 10.0 Å². The van der Waals surface area contributed by atoms with Gasteiger partial charge in [-0.15, -0.1) is 0 Å². The molecule has 136 valence electrons. The van der Waals surface area contributed by atoms with E-state index in [1.54, 1.807) is 7.11 Å². The van der Waals surface area contributed by atoms with Gasteiger partial charge in [0.15, 0.2) is 0 Å². The van der Waals surface area contributed by atoms with Crippen molar-refractivity contribution in [2.75, 3.05) is 33.5 Å². The Hall–Kier alpha value is -1.89. The molecule has 2 aromatic rings. The van der Waals surface area contributed by atoms with Crippen molar-refractivity contribution in [2.45, 2.75) is 12.5 Å². The van der Waals surface area contributed by atoms with Crippen LogP contribution in [0, 0.1) is 0 Å². The van der Waals surface area contributed by atoms with Crippen molar-refractivity contribution < 1.29 is 13.2 Å². The second kappa shape index (κ2) is 8.99. The van der Waals surface area contributed by atoms with Gasteiger partial charge in [0.05, 0.1) is 12.9 Å². The lowest BCUT2D eigenvalue weighted by molar-refractivity contribution is 0.299. The molecule has 0 spiro atoms. The third kappa shape index (κ3) is 6.16. The minimum Gasteiger partial charge on any atom is -0.497 e. The van der Waals surface area contributed by atoms with Crippen LogP contribution in [-0.2, 0) is 16.4 Å². The smallest absolute Gasteiger partial charge is 0.211 e. The van der Waals surface area contributed by atoms with Gasteiger partial charge in [-0.2, -0.15) is 0 Å². The Labute approximate surface area is 150 Å². The number of rotatable bonds is 9. The zero-order valence-corrected chi connectivity index (χ0v) is 15.8. The Morgan fingerprint density at radius 1 is 1.04 bits per heavy atom. The highest BCUT2D eigenvalue weighted by molar-refractivity contribution is 7.89. The number of benzene rings is 2. The minimum absolute atomic E-state index is 0.0441. The van der Waals surface area contributed by atoms with Gasteiger partial charge >= 0.3 is 0 Å². The van der Waals surface area contributed by atoms with Crippen LogP contribution in [-0.4, -0.2) is 46.8 Å². The molecule has 2 rings (SSSR count). The second-order valence-electron chi connectivity index (χ2n) is 6.16. The molecule has 0 heterocycles. The van der Waals surface area contributed by atoms with Gasteiger partial charge in [0.2, 0.25) is 10.0 Å². The van der Waals surface area contributed by atoms with Crippen LogP contribution < -0.4 is 9.46 Å². The van der Waals surface area contributed by atoms with E-state index in [1.165, 1.54) is 0 Å². The van der Waals surface area contributed by atoms with E-state index in [1.807, 2.05) is 73.6 Å². The summed E-state index contributed by atoms with van der Waals surface area (Å²) in [5.41, 5.74) is 2.06. The predicted molar refractivity (Wildman–Crippen MR) is 101 cm³/mol. The molecule has 1 N–H and O–H groups in total. The number of hydrogen-bond donors (Lipinski definition) is 1. The maximum Gasteiger partial charge on any atom is 0.211 e. The molecule has 1 unspecified atom stereocenters. The summed E-state index contributed by atoms with van der Waals surface area (Å²) in [6.07, 6.45) is 0.505. The Morgan fingerprint density at radius 3 is 2.24 bits per heavy atom. The number of nitrogens with one attached hydrogen (secondary N) is 1. The zero-order valence-electron chi connectivity index (χ0n) is 15.0. The van der Waals surface area contributed by atoms with Crippen LogP contribution in [0.15, 0.2) is 54.6 Å². The average Bonchev–Trinajstić information content (AvgIpc) is 2.61. The van der Waals surface area contributed by atoms with Crippen molar-refractivity contribution in [1.29, 1.82) is 0 Å². The molecule has 1 atom stereocenters. The second-order valence-corrected chi connectivity index (χ2v) is 8.08. The van der Waals surface area contributed by atoms with Gasteiger partial charge in [-0.25, -0.2) is 13.1 Å². The molecule has 0 aliphatic rings. The lowest BCUT2D eigenvalue weighted by Crippen LogP contribution is -2.36. The molecule has 0 aliphatic carbocycles. The summed E-state index contributed by atoms with van der Waals surface area (Å²) < 4.78 is 32.5. The van der Waals surface area contributed by atoms with Gasteiger partial charge in [-0.05, 0) is 43.8 Å². The van der Waals surface area contributed by atoms with E-state index in [2.05, 4.69) is 4.72 Å². The number of methoxy groups -OCH3 is 1. The van der Waals surface area contributed by atoms with Crippen LogP contribution >= 0.6 is 0 Å². The van der Waals surface area contributed by atoms with Crippen molar-refractivity contribution in [2.24, 2.45) is 0 Å². The number of sulfonamides is 1. The molecule has 6 heteroatoms. The molecular weight excluding hydrogens is 336 g/mol. The van der Waals surface area contributed by atoms with E-state index in [4.69, 9.17) is 4.74 Å². The van der Waals surface area contributed by atoms with E-state index in [-0.39, 0.29) is 11.8 Å². The first kappa shape index (κ1) is 19.4. The van der Waals surface area contributed by atoms with E-state index in [0.717, 1.165) is 16.9 Å². The monoisotopic (exact) mass is 362 g/mol. The summed E-state index contributed by atoms with van der Waals surface area (Å²) in [6.45, 7) is 0.330. The highest BCUT2D eigenvalue weighted by Crippen LogP contribution is 2.21. The molecule has 2 aromatic carbocycles. The van der Waals surface area contributed by atoms with Crippen LogP contribution in [0.1, 0.15) is 17.2 Å². The van der Waals surface area contributed by atoms with Gasteiger partial charge in [-0.1, -0.05) is 42.5 Å². The standard InChI is InChI=1S/C19H26N2O3S/c1-21(2)19(17-9-11-18(24-3)12-10-17)15-20-25(22,23)14-13-16-7-5-4-6-8-16/h4-12,19-20H,13-15H2,1-3H3. The fourth-order valence-corrected chi connectivity index (χ4v) is 3.66. The van der Waals surface area contributed by atoms with Crippen molar-refractivity contribution in [3.8, 4) is 5.75 Å². The molecule has 0 fully saturated rings. The maximum atomic E-state index is 12.3. The lowest BCUT2D eigenvalue weighted by Gasteiger charge is -2.25. The summed E-state index contributed by atoms with van der Waals surface area (Å²) >= 11 is 0. The van der Waals surface area contributed by atoms with Crippen LogP contribution in [0.2, 0.25) is 0 Å². The molecule has 5 nitrogen and oxygen atoms in total. The number of ether oxygens (including phenoxy) is 1. The van der Waals surface area contributed by atoms with E-state index >= 15 is 0 Å². The molecule has 0 saturated heterocycles. The SMILES string of the molecule is COc1ccc(C(CNS(=O)(=O)CCc2ccccc2)N(C)C)cc1. The first-order valence-corrected chi connectivity index (χ1v) is 9.88. The molecule has 0 aliphatic heterocycles. The third-order valence-electron chi connectivity index (χ3n) is 4.12. The van der Waals surface area contributed by atoms with E-state index in [9.17, 15) is 8.42 Å². The third-order valence-corrected chi connectivity index (χ3v) is 5.47. The van der Waals surface area contributed by atoms with Gasteiger partial charge < -0.3 is 9.64 Å². The Bertz CT molecular complexity index is 744. The first-order valence-electron chi connectivity index (χ1n) is 8.23. The number of aryl methyl sites for hydroxylation is 1. The van der Waals surface area contributed by atoms with Crippen LogP contribution in [0.25, 0.3) is 0 Å². The highest BCUT2D eigenvalue weighted by Gasteiger charge is 2.18. The number of nitrogens with zero attached hydrogens (tertiary/aromatic N) is 1. The molecule has 25 heavy (non-hydrogen) atoms. The molecule has 0 amide bonds. The van der Waals surface area contributed by atoms with Crippen LogP contribution in [0.5, 0.6) is 5.75 Å². The number of likely N-dealkylation sites (N-methyl/N-ethyl adjacent to an activating group) is 1. The van der Waals surface area contributed by atoms with Crippen molar-refractivity contribution in [1.82, 2.24) is 9.62 Å². The molecular formula is C19H26N2O3S. The fourth-order valence-electron chi connectivity index (χ4n) is 2.60. The Morgan fingerprint density at radius 2 is 1.68 bits per heavy atom. The predicted octanol–water partition coefficient (Wildman–Crippen LogP) is 2.46. The van der Waals surface area contributed by atoms with Crippen LogP contribution in [0.4, 0.5) is 0 Å². The van der Waals surface area contributed by atoms with E-state index in [0.29, 0.717) is 13.0 Å². The highest BCUT2D eigenvalue weighted by atomic mass is 32.2. The Kier molecular flexibility index (Phi) is 6.99. The summed E-state index contributed by atoms with van der Waals surface area (Å²) in [7, 11) is 2.17. The summed E-state index contributed by atoms with van der Waals surface area (Å²) in [5.74, 6) is 0.865. The van der Waals surface area contributed by atoms with Crippen molar-refractivity contribution in [3.05, 3.63) is 65.7 Å². The van der Waals surface area contributed by atoms with Gasteiger partial charge in [-0.3, -0.25) is 0 Å². The average molecular weight is 362 g/mol. The fraction of sp³-hybridized carbons (Fsp3) is 0.368. The molecule has 0 aromatic heterocycles. The number of hydrogen-bond acceptors (Lipinski definition) is 4. The largest absolute Gasteiger partial charge is 0.497 e. The minimum atomic E-state index is -3.33. The first-order chi connectivity index (χ1) is 11.9. The maximum absolute atomic E-state index is 12.3. The van der Waals surface area contributed by atoms with Crippen molar-refractivity contribution in [3.63, 3.8) is 0 Å². The summed E-state index contributed by atoms with van der Waals surface area (Å²) in [5, 5.41) is 0. The normalized spacial score (nSPS) is 13.0. The zero-order chi connectivity index (χ0) is 18.3.